The van der Waals surface area contributed by atoms with E-state index < -0.39 is 16.1 Å². The number of aryl methyl sites for hydroxylation is 2. The van der Waals surface area contributed by atoms with Gasteiger partial charge in [-0.15, -0.1) is 0 Å². The summed E-state index contributed by atoms with van der Waals surface area (Å²) in [4.78, 5) is 8.98. The summed E-state index contributed by atoms with van der Waals surface area (Å²) in [6.07, 6.45) is 3.17. The number of methoxy groups -OCH3 is 1. The Labute approximate surface area is 157 Å². The zero-order valence-corrected chi connectivity index (χ0v) is 16.0. The van der Waals surface area contributed by atoms with Crippen molar-refractivity contribution in [2.75, 3.05) is 7.11 Å². The van der Waals surface area contributed by atoms with Crippen molar-refractivity contribution >= 4 is 20.9 Å². The van der Waals surface area contributed by atoms with E-state index in [0.717, 1.165) is 23.9 Å². The van der Waals surface area contributed by atoms with Crippen LogP contribution >= 0.6 is 0 Å². The highest BCUT2D eigenvalue weighted by molar-refractivity contribution is 7.89. The van der Waals surface area contributed by atoms with Crippen LogP contribution in [0.4, 0.5) is 0 Å². The number of fused-ring (bicyclic) bond motifs is 2. The summed E-state index contributed by atoms with van der Waals surface area (Å²) in [5, 5.41) is 5.18. The number of pyridine rings is 1. The molecule has 0 unspecified atom stereocenters. The molecule has 0 spiro atoms. The first-order valence-corrected chi connectivity index (χ1v) is 10.3. The van der Waals surface area contributed by atoms with Crippen LogP contribution in [0.25, 0.3) is 10.9 Å². The molecule has 4 rings (SSSR count). The van der Waals surface area contributed by atoms with Crippen molar-refractivity contribution in [3.63, 3.8) is 0 Å². The Hall–Kier alpha value is -2.36. The van der Waals surface area contributed by atoms with Crippen molar-refractivity contribution in [1.29, 1.82) is 0 Å². The molecule has 8 nitrogen and oxygen atoms in total. The number of aromatic nitrogens is 4. The predicted octanol–water partition coefficient (Wildman–Crippen LogP) is 2.09. The van der Waals surface area contributed by atoms with Gasteiger partial charge in [-0.25, -0.2) is 22.8 Å². The fourth-order valence-electron chi connectivity index (χ4n) is 3.41. The number of hydrogen-bond acceptors (Lipinski definition) is 6. The fraction of sp³-hybridized carbons (Fsp3) is 0.389. The van der Waals surface area contributed by atoms with Gasteiger partial charge in [-0.05, 0) is 37.5 Å². The Bertz CT molecular complexity index is 1090. The Balaban J connectivity index is 1.69. The monoisotopic (exact) mass is 387 g/mol. The van der Waals surface area contributed by atoms with Crippen LogP contribution in [0.15, 0.2) is 35.4 Å². The molecule has 1 N–H and O–H groups in total. The predicted molar refractivity (Wildman–Crippen MR) is 99.5 cm³/mol. The number of nitrogens with one attached hydrogen (secondary N) is 1. The molecule has 1 atom stereocenters. The highest BCUT2D eigenvalue weighted by Crippen LogP contribution is 2.27. The Morgan fingerprint density at radius 3 is 3.04 bits per heavy atom. The molecule has 0 saturated carbocycles. The van der Waals surface area contributed by atoms with Gasteiger partial charge in [-0.3, -0.25) is 4.98 Å². The average molecular weight is 387 g/mol. The number of benzene rings is 1. The highest BCUT2D eigenvalue weighted by atomic mass is 32.2. The largest absolute Gasteiger partial charge is 0.377 e. The first kappa shape index (κ1) is 18.0. The first-order chi connectivity index (χ1) is 13.0. The smallest absolute Gasteiger partial charge is 0.243 e. The van der Waals surface area contributed by atoms with Crippen molar-refractivity contribution < 1.29 is 13.2 Å². The lowest BCUT2D eigenvalue weighted by Gasteiger charge is -2.23. The third kappa shape index (κ3) is 3.45. The molecular weight excluding hydrogens is 366 g/mol. The number of rotatable bonds is 5. The summed E-state index contributed by atoms with van der Waals surface area (Å²) in [7, 11) is -2.19. The average Bonchev–Trinajstić information content (AvgIpc) is 3.05. The van der Waals surface area contributed by atoms with Gasteiger partial charge in [-0.1, -0.05) is 12.1 Å². The molecule has 0 aliphatic carbocycles. The maximum absolute atomic E-state index is 13.1. The van der Waals surface area contributed by atoms with Crippen molar-refractivity contribution in [3.8, 4) is 0 Å². The minimum absolute atomic E-state index is 0.175. The first-order valence-electron chi connectivity index (χ1n) is 8.78. The zero-order chi connectivity index (χ0) is 19.0. The molecule has 2 aromatic heterocycles. The van der Waals surface area contributed by atoms with E-state index in [1.165, 1.54) is 0 Å². The van der Waals surface area contributed by atoms with Gasteiger partial charge < -0.3 is 4.74 Å². The number of ether oxygens (including phenoxy) is 1. The molecule has 1 aromatic carbocycles. The second kappa shape index (κ2) is 6.99. The van der Waals surface area contributed by atoms with E-state index in [4.69, 9.17) is 4.74 Å². The van der Waals surface area contributed by atoms with E-state index >= 15 is 0 Å². The van der Waals surface area contributed by atoms with Crippen LogP contribution in [0, 0.1) is 6.92 Å². The Kier molecular flexibility index (Phi) is 4.67. The molecule has 3 heterocycles. The minimum Gasteiger partial charge on any atom is -0.377 e. The second-order valence-electron chi connectivity index (χ2n) is 6.70. The second-order valence-corrected chi connectivity index (χ2v) is 8.38. The van der Waals surface area contributed by atoms with Gasteiger partial charge in [0.15, 0.2) is 5.82 Å². The van der Waals surface area contributed by atoms with Crippen LogP contribution < -0.4 is 4.72 Å². The third-order valence-corrected chi connectivity index (χ3v) is 6.09. The zero-order valence-electron chi connectivity index (χ0n) is 15.2. The Morgan fingerprint density at radius 1 is 1.37 bits per heavy atom. The van der Waals surface area contributed by atoms with Crippen LogP contribution in [0.2, 0.25) is 0 Å². The van der Waals surface area contributed by atoms with Crippen molar-refractivity contribution in [2.24, 2.45) is 0 Å². The van der Waals surface area contributed by atoms with Crippen LogP contribution in [0.5, 0.6) is 0 Å². The number of hydrogen-bond donors (Lipinski definition) is 1. The molecule has 1 aliphatic heterocycles. The maximum Gasteiger partial charge on any atom is 0.243 e. The molecule has 0 amide bonds. The quantitative estimate of drug-likeness (QED) is 0.720. The topological polar surface area (TPSA) is 99.0 Å². The van der Waals surface area contributed by atoms with Crippen molar-refractivity contribution in [3.05, 3.63) is 47.7 Å². The summed E-state index contributed by atoms with van der Waals surface area (Å²) in [5.74, 6) is 1.18. The van der Waals surface area contributed by atoms with Gasteiger partial charge >= 0.3 is 0 Å². The van der Waals surface area contributed by atoms with Gasteiger partial charge in [0, 0.05) is 25.2 Å². The lowest BCUT2D eigenvalue weighted by Crippen LogP contribution is -2.33. The molecule has 0 saturated heterocycles. The SMILES string of the molecule is COCc1nc2n(n1)CCC[C@H]2NS(=O)(=O)c1cccc2cc(C)cnc12. The normalized spacial score (nSPS) is 17.2. The molecule has 3 aromatic rings. The fourth-order valence-corrected chi connectivity index (χ4v) is 4.82. The maximum atomic E-state index is 13.1. The lowest BCUT2D eigenvalue weighted by molar-refractivity contribution is 0.177. The minimum atomic E-state index is -3.77. The molecular formula is C18H21N5O3S. The summed E-state index contributed by atoms with van der Waals surface area (Å²) in [6.45, 7) is 2.95. The van der Waals surface area contributed by atoms with Crippen molar-refractivity contribution in [1.82, 2.24) is 24.5 Å². The van der Waals surface area contributed by atoms with E-state index in [1.807, 2.05) is 19.1 Å². The van der Waals surface area contributed by atoms with E-state index in [0.29, 0.717) is 30.2 Å². The van der Waals surface area contributed by atoms with Gasteiger partial charge in [0.2, 0.25) is 10.0 Å². The van der Waals surface area contributed by atoms with Crippen LogP contribution in [0.3, 0.4) is 0 Å². The molecule has 142 valence electrons. The molecule has 1 aliphatic rings. The van der Waals surface area contributed by atoms with Crippen molar-refractivity contribution in [2.45, 2.75) is 43.9 Å². The van der Waals surface area contributed by atoms with E-state index in [2.05, 4.69) is 19.8 Å². The molecule has 0 fully saturated rings. The van der Waals surface area contributed by atoms with Gasteiger partial charge in [0.05, 0.1) is 11.6 Å². The highest BCUT2D eigenvalue weighted by Gasteiger charge is 2.30. The van der Waals surface area contributed by atoms with Crippen LogP contribution in [-0.2, 0) is 27.9 Å². The third-order valence-electron chi connectivity index (χ3n) is 4.59. The lowest BCUT2D eigenvalue weighted by atomic mass is 10.1. The number of para-hydroxylation sites is 1. The van der Waals surface area contributed by atoms with E-state index in [1.54, 1.807) is 30.1 Å². The Morgan fingerprint density at radius 2 is 2.22 bits per heavy atom. The summed E-state index contributed by atoms with van der Waals surface area (Å²) in [6, 6.07) is 6.68. The standard InChI is InChI=1S/C18H21N5O3S/c1-12-9-13-5-3-7-15(17(13)19-10-12)27(24,25)22-14-6-4-8-23-18(14)20-16(21-23)11-26-2/h3,5,7,9-10,14,22H,4,6,8,11H2,1-2H3/t14-/m1/s1. The molecule has 9 heteroatoms. The number of sulfonamides is 1. The molecule has 0 radical (unpaired) electrons. The molecule has 27 heavy (non-hydrogen) atoms. The van der Waals surface area contributed by atoms with Gasteiger partial charge in [0.25, 0.3) is 0 Å². The van der Waals surface area contributed by atoms with Gasteiger partial charge in [-0.2, -0.15) is 5.10 Å². The van der Waals surface area contributed by atoms with E-state index in [-0.39, 0.29) is 4.90 Å². The van der Waals surface area contributed by atoms with E-state index in [9.17, 15) is 8.42 Å². The summed E-state index contributed by atoms with van der Waals surface area (Å²) in [5.41, 5.74) is 1.45. The molecule has 0 bridgehead atoms. The summed E-state index contributed by atoms with van der Waals surface area (Å²) < 4.78 is 35.9. The van der Waals surface area contributed by atoms with Crippen LogP contribution in [0.1, 0.15) is 36.1 Å². The van der Waals surface area contributed by atoms with Gasteiger partial charge in [0.1, 0.15) is 17.3 Å². The summed E-state index contributed by atoms with van der Waals surface area (Å²) >= 11 is 0. The number of nitrogens with zero attached hydrogens (tertiary/aromatic N) is 4. The van der Waals surface area contributed by atoms with Crippen LogP contribution in [-0.4, -0.2) is 35.3 Å².